The first-order valence-electron chi connectivity index (χ1n) is 8.14. The molecule has 0 bridgehead atoms. The average molecular weight is 356 g/mol. The molecule has 1 aliphatic heterocycles. The summed E-state index contributed by atoms with van der Waals surface area (Å²) in [5, 5.41) is 9.36. The number of carboxylic acid groups (broad SMARTS) is 1. The van der Waals surface area contributed by atoms with Crippen molar-refractivity contribution in [2.24, 2.45) is 0 Å². The van der Waals surface area contributed by atoms with Gasteiger partial charge in [-0.25, -0.2) is 9.97 Å². The van der Waals surface area contributed by atoms with Crippen LogP contribution in [0.15, 0.2) is 30.6 Å². The number of benzene rings is 1. The number of ether oxygens (including phenoxy) is 1. The molecule has 1 aliphatic rings. The number of nitrogens with two attached hydrogens (primary N) is 1. The summed E-state index contributed by atoms with van der Waals surface area (Å²) in [5.41, 5.74) is 6.22. The number of amides is 1. The average Bonchev–Trinajstić information content (AvgIpc) is 2.72. The molecule has 136 valence electrons. The maximum atomic E-state index is 13.0. The molecule has 26 heavy (non-hydrogen) atoms. The van der Waals surface area contributed by atoms with Gasteiger partial charge in [0.1, 0.15) is 23.8 Å². The van der Waals surface area contributed by atoms with E-state index in [1.807, 2.05) is 6.92 Å². The number of carbonyl (C=O) groups is 2. The zero-order valence-corrected chi connectivity index (χ0v) is 14.8. The minimum atomic E-state index is -1.03. The zero-order chi connectivity index (χ0) is 19.1. The summed E-state index contributed by atoms with van der Waals surface area (Å²) in [6.07, 6.45) is 0.955. The van der Waals surface area contributed by atoms with Gasteiger partial charge in [0.2, 0.25) is 5.88 Å². The maximum Gasteiger partial charge on any atom is 0.313 e. The Morgan fingerprint density at radius 1 is 1.31 bits per heavy atom. The van der Waals surface area contributed by atoms with E-state index in [4.69, 9.17) is 10.5 Å². The lowest BCUT2D eigenvalue weighted by molar-refractivity contribution is -0.142. The fourth-order valence-electron chi connectivity index (χ4n) is 2.78. The van der Waals surface area contributed by atoms with Gasteiger partial charge < -0.3 is 20.5 Å². The van der Waals surface area contributed by atoms with Crippen LogP contribution in [0.2, 0.25) is 0 Å². The van der Waals surface area contributed by atoms with Crippen molar-refractivity contribution in [1.29, 1.82) is 0 Å². The second-order valence-electron chi connectivity index (χ2n) is 6.76. The largest absolute Gasteiger partial charge is 0.481 e. The first-order chi connectivity index (χ1) is 12.2. The number of aliphatic carboxylic acids is 1. The molecule has 1 amide bonds. The molecule has 2 aromatic rings. The highest BCUT2D eigenvalue weighted by atomic mass is 16.5. The van der Waals surface area contributed by atoms with Crippen molar-refractivity contribution < 1.29 is 19.4 Å². The third-order valence-electron chi connectivity index (χ3n) is 4.49. The van der Waals surface area contributed by atoms with Gasteiger partial charge in [-0.05, 0) is 38.5 Å². The molecule has 0 aliphatic carbocycles. The van der Waals surface area contributed by atoms with Gasteiger partial charge in [0.15, 0.2) is 0 Å². The van der Waals surface area contributed by atoms with Gasteiger partial charge in [0.25, 0.3) is 5.91 Å². The highest BCUT2D eigenvalue weighted by molar-refractivity contribution is 6.10. The summed E-state index contributed by atoms with van der Waals surface area (Å²) in [6, 6.07) is 6.85. The molecule has 0 spiro atoms. The van der Waals surface area contributed by atoms with E-state index < -0.39 is 11.4 Å². The summed E-state index contributed by atoms with van der Waals surface area (Å²) in [6.45, 7) is 5.39. The fraction of sp³-hybridized carbons (Fsp3) is 0.333. The summed E-state index contributed by atoms with van der Waals surface area (Å²) < 4.78 is 5.70. The third kappa shape index (κ3) is 2.94. The van der Waals surface area contributed by atoms with Crippen LogP contribution in [-0.4, -0.2) is 39.6 Å². The predicted octanol–water partition coefficient (Wildman–Crippen LogP) is 1.85. The van der Waals surface area contributed by atoms with Crippen LogP contribution in [0.4, 0.5) is 11.5 Å². The number of aromatic nitrogens is 2. The second kappa shape index (κ2) is 6.29. The van der Waals surface area contributed by atoms with E-state index in [2.05, 4.69) is 9.97 Å². The Balaban J connectivity index is 2.00. The third-order valence-corrected chi connectivity index (χ3v) is 4.49. The van der Waals surface area contributed by atoms with Gasteiger partial charge in [0, 0.05) is 5.69 Å². The number of carbonyl (C=O) groups excluding carboxylic acids is 1. The van der Waals surface area contributed by atoms with Crippen LogP contribution in [0.3, 0.4) is 0 Å². The first kappa shape index (κ1) is 17.7. The molecule has 8 nitrogen and oxygen atoms in total. The van der Waals surface area contributed by atoms with Crippen LogP contribution in [-0.2, 0) is 10.2 Å². The Labute approximate surface area is 150 Å². The summed E-state index contributed by atoms with van der Waals surface area (Å²) in [5.74, 6) is -1.05. The molecule has 3 N–H and O–H groups in total. The van der Waals surface area contributed by atoms with Gasteiger partial charge in [-0.1, -0.05) is 12.1 Å². The van der Waals surface area contributed by atoms with Crippen LogP contribution in [0, 0.1) is 0 Å². The lowest BCUT2D eigenvalue weighted by Gasteiger charge is -2.24. The van der Waals surface area contributed by atoms with Gasteiger partial charge >= 0.3 is 5.97 Å². The van der Waals surface area contributed by atoms with E-state index in [0.717, 1.165) is 0 Å². The molecule has 0 fully saturated rings. The van der Waals surface area contributed by atoms with Crippen LogP contribution in [0.25, 0.3) is 0 Å². The van der Waals surface area contributed by atoms with Crippen LogP contribution >= 0.6 is 0 Å². The maximum absolute atomic E-state index is 13.0. The van der Waals surface area contributed by atoms with Gasteiger partial charge in [-0.2, -0.15) is 0 Å². The fourth-order valence-corrected chi connectivity index (χ4v) is 2.78. The molecule has 0 saturated carbocycles. The number of carboxylic acids is 1. The van der Waals surface area contributed by atoms with Crippen molar-refractivity contribution >= 4 is 23.4 Å². The number of nitrogen functional groups attached to an aromatic ring is 1. The van der Waals surface area contributed by atoms with Crippen molar-refractivity contribution in [3.8, 4) is 5.88 Å². The topological polar surface area (TPSA) is 119 Å². The van der Waals surface area contributed by atoms with E-state index in [1.54, 1.807) is 38.1 Å². The summed E-state index contributed by atoms with van der Waals surface area (Å²) in [4.78, 5) is 33.8. The molecule has 0 radical (unpaired) electrons. The number of anilines is 2. The summed E-state index contributed by atoms with van der Waals surface area (Å²) >= 11 is 0. The minimum Gasteiger partial charge on any atom is -0.481 e. The monoisotopic (exact) mass is 356 g/mol. The number of rotatable bonds is 3. The van der Waals surface area contributed by atoms with Gasteiger partial charge in [0.05, 0.1) is 12.0 Å². The molecular weight excluding hydrogens is 336 g/mol. The second-order valence-corrected chi connectivity index (χ2v) is 6.76. The molecule has 8 heteroatoms. The van der Waals surface area contributed by atoms with E-state index in [0.29, 0.717) is 17.8 Å². The smallest absolute Gasteiger partial charge is 0.313 e. The first-order valence-corrected chi connectivity index (χ1v) is 8.14. The summed E-state index contributed by atoms with van der Waals surface area (Å²) in [7, 11) is 0. The molecule has 3 rings (SSSR count). The highest BCUT2D eigenvalue weighted by Crippen LogP contribution is 2.31. The molecular formula is C18H20N4O4. The molecule has 1 aromatic heterocycles. The number of nitrogens with zero attached hydrogens (tertiary/aromatic N) is 3. The Bertz CT molecular complexity index is 864. The lowest BCUT2D eigenvalue weighted by atomic mass is 9.85. The van der Waals surface area contributed by atoms with Crippen molar-refractivity contribution in [2.75, 3.05) is 17.2 Å². The van der Waals surface area contributed by atoms with E-state index in [1.165, 1.54) is 11.2 Å². The Morgan fingerprint density at radius 3 is 2.58 bits per heavy atom. The van der Waals surface area contributed by atoms with Gasteiger partial charge in [-0.3, -0.25) is 9.59 Å². The van der Waals surface area contributed by atoms with E-state index >= 15 is 0 Å². The van der Waals surface area contributed by atoms with Crippen molar-refractivity contribution in [3.63, 3.8) is 0 Å². The molecule has 1 unspecified atom stereocenters. The standard InChI is InChI=1S/C18H20N4O4/c1-10-8-22(16(23)13-14(19)20-9-21-15(13)26-10)12-6-4-11(5-7-12)18(2,3)17(24)25/h4-7,9-10H,8H2,1-3H3,(H,24,25)(H2,19,20,21). The van der Waals surface area contributed by atoms with Crippen LogP contribution in [0.1, 0.15) is 36.7 Å². The van der Waals surface area contributed by atoms with E-state index in [-0.39, 0.29) is 29.3 Å². The van der Waals surface area contributed by atoms with Crippen LogP contribution in [0.5, 0.6) is 5.88 Å². The van der Waals surface area contributed by atoms with Crippen molar-refractivity contribution in [2.45, 2.75) is 32.3 Å². The Morgan fingerprint density at radius 2 is 1.96 bits per heavy atom. The van der Waals surface area contributed by atoms with E-state index in [9.17, 15) is 14.7 Å². The van der Waals surface area contributed by atoms with Crippen LogP contribution < -0.4 is 15.4 Å². The molecule has 0 saturated heterocycles. The predicted molar refractivity (Wildman–Crippen MR) is 95.3 cm³/mol. The molecule has 1 aromatic carbocycles. The molecule has 2 heterocycles. The molecule has 1 atom stereocenters. The van der Waals surface area contributed by atoms with Crippen molar-refractivity contribution in [1.82, 2.24) is 9.97 Å². The SMILES string of the molecule is CC1CN(c2ccc(C(C)(C)C(=O)O)cc2)C(=O)c2c(N)ncnc2O1. The normalized spacial score (nSPS) is 17.3. The quantitative estimate of drug-likeness (QED) is 0.861. The Kier molecular flexibility index (Phi) is 4.27. The number of hydrogen-bond acceptors (Lipinski definition) is 6. The van der Waals surface area contributed by atoms with Gasteiger partial charge in [-0.15, -0.1) is 0 Å². The zero-order valence-electron chi connectivity index (χ0n) is 14.8. The lowest BCUT2D eigenvalue weighted by Crippen LogP contribution is -2.36. The Hall–Kier alpha value is -3.16. The number of fused-ring (bicyclic) bond motifs is 1. The minimum absolute atomic E-state index is 0.0581. The highest BCUT2D eigenvalue weighted by Gasteiger charge is 2.33. The number of hydrogen-bond donors (Lipinski definition) is 2. The van der Waals surface area contributed by atoms with Crippen molar-refractivity contribution in [3.05, 3.63) is 41.7 Å².